The number of Topliss-reactive ketones (excluding diaryl/α,β-unsaturated/α-hetero) is 1. The standard InChI is InChI=1S/C15H19N3O2S/c1-13(19)2-3-15(20)18(10-14-4-9-21-11-14)8-7-17-6-5-16-12-17/h4-6,9,11-12H,2-3,7-8,10H2,1H3. The minimum Gasteiger partial charge on any atom is -0.337 e. The lowest BCUT2D eigenvalue weighted by atomic mass is 10.2. The van der Waals surface area contributed by atoms with E-state index in [1.54, 1.807) is 23.9 Å². The number of imidazole rings is 1. The Bertz CT molecular complexity index is 564. The predicted octanol–water partition coefficient (Wildman–Crippen LogP) is 2.34. The number of carbonyl (C=O) groups excluding carboxylic acids is 2. The molecule has 0 aliphatic rings. The summed E-state index contributed by atoms with van der Waals surface area (Å²) in [4.78, 5) is 29.1. The molecule has 21 heavy (non-hydrogen) atoms. The van der Waals surface area contributed by atoms with Crippen molar-refractivity contribution in [2.75, 3.05) is 6.54 Å². The number of aromatic nitrogens is 2. The maximum atomic E-state index is 12.3. The number of hydrogen-bond acceptors (Lipinski definition) is 4. The zero-order valence-electron chi connectivity index (χ0n) is 12.1. The highest BCUT2D eigenvalue weighted by Gasteiger charge is 2.14. The molecule has 0 atom stereocenters. The average Bonchev–Trinajstić information content (AvgIpc) is 3.13. The second-order valence-corrected chi connectivity index (χ2v) is 5.73. The van der Waals surface area contributed by atoms with Crippen molar-refractivity contribution in [3.63, 3.8) is 0 Å². The lowest BCUT2D eigenvalue weighted by molar-refractivity contribution is -0.133. The van der Waals surface area contributed by atoms with E-state index >= 15 is 0 Å². The maximum Gasteiger partial charge on any atom is 0.223 e. The first-order valence-electron chi connectivity index (χ1n) is 6.89. The number of carbonyl (C=O) groups is 2. The van der Waals surface area contributed by atoms with Crippen molar-refractivity contribution >= 4 is 23.0 Å². The van der Waals surface area contributed by atoms with Gasteiger partial charge in [0.25, 0.3) is 0 Å². The molecular formula is C15H19N3O2S. The fourth-order valence-corrected chi connectivity index (χ4v) is 2.65. The number of nitrogens with zero attached hydrogens (tertiary/aromatic N) is 3. The van der Waals surface area contributed by atoms with Crippen molar-refractivity contribution < 1.29 is 9.59 Å². The highest BCUT2D eigenvalue weighted by Crippen LogP contribution is 2.11. The molecule has 0 spiro atoms. The van der Waals surface area contributed by atoms with E-state index in [9.17, 15) is 9.59 Å². The molecule has 112 valence electrons. The third-order valence-electron chi connectivity index (χ3n) is 3.18. The topological polar surface area (TPSA) is 55.2 Å². The van der Waals surface area contributed by atoms with Gasteiger partial charge in [0, 0.05) is 44.9 Å². The van der Waals surface area contributed by atoms with Gasteiger partial charge in [-0.25, -0.2) is 4.98 Å². The van der Waals surface area contributed by atoms with E-state index in [-0.39, 0.29) is 18.1 Å². The summed E-state index contributed by atoms with van der Waals surface area (Å²) in [6, 6.07) is 2.02. The summed E-state index contributed by atoms with van der Waals surface area (Å²) in [5.74, 6) is 0.0740. The van der Waals surface area contributed by atoms with Crippen molar-refractivity contribution in [2.45, 2.75) is 32.9 Å². The molecular weight excluding hydrogens is 286 g/mol. The number of amides is 1. The van der Waals surface area contributed by atoms with Crippen LogP contribution in [0.5, 0.6) is 0 Å². The molecule has 6 heteroatoms. The molecule has 0 aliphatic heterocycles. The monoisotopic (exact) mass is 305 g/mol. The van der Waals surface area contributed by atoms with E-state index < -0.39 is 0 Å². The Morgan fingerprint density at radius 2 is 2.24 bits per heavy atom. The van der Waals surface area contributed by atoms with Gasteiger partial charge in [0.15, 0.2) is 0 Å². The Morgan fingerprint density at radius 3 is 2.86 bits per heavy atom. The van der Waals surface area contributed by atoms with Gasteiger partial charge < -0.3 is 14.3 Å². The van der Waals surface area contributed by atoms with E-state index in [1.807, 2.05) is 32.5 Å². The second kappa shape index (κ2) is 7.73. The Labute approximate surface area is 128 Å². The molecule has 2 aromatic rings. The Kier molecular flexibility index (Phi) is 5.68. The highest BCUT2D eigenvalue weighted by atomic mass is 32.1. The molecule has 0 bridgehead atoms. The highest BCUT2D eigenvalue weighted by molar-refractivity contribution is 7.07. The minimum absolute atomic E-state index is 0.0246. The maximum absolute atomic E-state index is 12.3. The van der Waals surface area contributed by atoms with Crippen molar-refractivity contribution in [1.29, 1.82) is 0 Å². The van der Waals surface area contributed by atoms with Crippen molar-refractivity contribution in [1.82, 2.24) is 14.5 Å². The van der Waals surface area contributed by atoms with Crippen LogP contribution in [0.25, 0.3) is 0 Å². The molecule has 1 amide bonds. The predicted molar refractivity (Wildman–Crippen MR) is 81.9 cm³/mol. The van der Waals surface area contributed by atoms with Gasteiger partial charge in [0.05, 0.1) is 6.33 Å². The molecule has 0 fully saturated rings. The van der Waals surface area contributed by atoms with Gasteiger partial charge >= 0.3 is 0 Å². The Hall–Kier alpha value is -1.95. The summed E-state index contributed by atoms with van der Waals surface area (Å²) in [5.41, 5.74) is 1.13. The number of ketones is 1. The first-order valence-corrected chi connectivity index (χ1v) is 7.83. The molecule has 0 aliphatic carbocycles. The third-order valence-corrected chi connectivity index (χ3v) is 3.92. The molecule has 2 heterocycles. The molecule has 0 N–H and O–H groups in total. The fraction of sp³-hybridized carbons (Fsp3) is 0.400. The van der Waals surface area contributed by atoms with Gasteiger partial charge in [0.1, 0.15) is 5.78 Å². The van der Waals surface area contributed by atoms with Crippen molar-refractivity contribution in [3.8, 4) is 0 Å². The van der Waals surface area contributed by atoms with E-state index in [1.165, 1.54) is 6.92 Å². The molecule has 0 saturated heterocycles. The Morgan fingerprint density at radius 1 is 1.38 bits per heavy atom. The summed E-state index contributed by atoms with van der Waals surface area (Å²) < 4.78 is 1.94. The molecule has 0 aromatic carbocycles. The van der Waals surface area contributed by atoms with E-state index in [2.05, 4.69) is 4.98 Å². The second-order valence-electron chi connectivity index (χ2n) is 4.95. The third kappa shape index (κ3) is 5.15. The van der Waals surface area contributed by atoms with Crippen LogP contribution < -0.4 is 0 Å². The first-order chi connectivity index (χ1) is 10.1. The van der Waals surface area contributed by atoms with E-state index in [0.717, 1.165) is 5.56 Å². The smallest absolute Gasteiger partial charge is 0.223 e. The molecule has 5 nitrogen and oxygen atoms in total. The zero-order chi connectivity index (χ0) is 15.1. The Balaban J connectivity index is 1.95. The first kappa shape index (κ1) is 15.4. The quantitative estimate of drug-likeness (QED) is 0.752. The number of rotatable bonds is 8. The van der Waals surface area contributed by atoms with Crippen LogP contribution in [-0.2, 0) is 22.7 Å². The van der Waals surface area contributed by atoms with E-state index in [0.29, 0.717) is 26.1 Å². The lowest BCUT2D eigenvalue weighted by Crippen LogP contribution is -2.33. The summed E-state index contributed by atoms with van der Waals surface area (Å²) in [6.07, 6.45) is 5.93. The van der Waals surface area contributed by atoms with Crippen molar-refractivity contribution in [3.05, 3.63) is 41.1 Å². The van der Waals surface area contributed by atoms with Crippen LogP contribution >= 0.6 is 11.3 Å². The lowest BCUT2D eigenvalue weighted by Gasteiger charge is -2.22. The summed E-state index contributed by atoms with van der Waals surface area (Å²) >= 11 is 1.62. The number of thiophene rings is 1. The fourth-order valence-electron chi connectivity index (χ4n) is 1.99. The van der Waals surface area contributed by atoms with Gasteiger partial charge in [-0.3, -0.25) is 4.79 Å². The zero-order valence-corrected chi connectivity index (χ0v) is 12.9. The largest absolute Gasteiger partial charge is 0.337 e. The summed E-state index contributed by atoms with van der Waals surface area (Å²) in [6.45, 7) is 3.43. The van der Waals surface area contributed by atoms with Gasteiger partial charge in [-0.2, -0.15) is 11.3 Å². The van der Waals surface area contributed by atoms with Crippen LogP contribution in [0, 0.1) is 0 Å². The van der Waals surface area contributed by atoms with Crippen LogP contribution in [0.2, 0.25) is 0 Å². The summed E-state index contributed by atoms with van der Waals surface area (Å²) in [5, 5.41) is 4.05. The van der Waals surface area contributed by atoms with Gasteiger partial charge in [-0.05, 0) is 29.3 Å². The molecule has 2 rings (SSSR count). The summed E-state index contributed by atoms with van der Waals surface area (Å²) in [7, 11) is 0. The minimum atomic E-state index is 0.0246. The molecule has 0 radical (unpaired) electrons. The van der Waals surface area contributed by atoms with Gasteiger partial charge in [-0.15, -0.1) is 0 Å². The van der Waals surface area contributed by atoms with Crippen molar-refractivity contribution in [2.24, 2.45) is 0 Å². The van der Waals surface area contributed by atoms with Crippen LogP contribution in [0.4, 0.5) is 0 Å². The molecule has 2 aromatic heterocycles. The van der Waals surface area contributed by atoms with E-state index in [4.69, 9.17) is 0 Å². The van der Waals surface area contributed by atoms with Crippen LogP contribution in [0.1, 0.15) is 25.3 Å². The van der Waals surface area contributed by atoms with Gasteiger partial charge in [-0.1, -0.05) is 0 Å². The van der Waals surface area contributed by atoms with Crippen LogP contribution in [-0.4, -0.2) is 32.7 Å². The molecule has 0 saturated carbocycles. The molecule has 0 unspecified atom stereocenters. The number of hydrogen-bond donors (Lipinski definition) is 0. The average molecular weight is 305 g/mol. The SMILES string of the molecule is CC(=O)CCC(=O)N(CCn1ccnc1)Cc1ccsc1. The van der Waals surface area contributed by atoms with Crippen LogP contribution in [0.3, 0.4) is 0 Å². The van der Waals surface area contributed by atoms with Crippen LogP contribution in [0.15, 0.2) is 35.5 Å². The van der Waals surface area contributed by atoms with Gasteiger partial charge in [0.2, 0.25) is 5.91 Å². The normalized spacial score (nSPS) is 10.5.